The van der Waals surface area contributed by atoms with Gasteiger partial charge in [-0.2, -0.15) is 0 Å². The molecule has 0 unspecified atom stereocenters. The molecule has 1 amide bonds. The lowest BCUT2D eigenvalue weighted by atomic mass is 10.1. The summed E-state index contributed by atoms with van der Waals surface area (Å²) in [5, 5.41) is 11.4. The summed E-state index contributed by atoms with van der Waals surface area (Å²) in [6, 6.07) is 8.50. The fraction of sp³-hybridized carbons (Fsp3) is 0.400. The first-order valence-corrected chi connectivity index (χ1v) is 6.54. The Morgan fingerprint density at radius 2 is 1.80 bits per heavy atom. The maximum Gasteiger partial charge on any atom is 0.326 e. The van der Waals surface area contributed by atoms with E-state index in [1.807, 2.05) is 30.3 Å². The molecule has 0 heterocycles. The Morgan fingerprint density at radius 1 is 1.15 bits per heavy atom. The molecule has 0 fully saturated rings. The number of aryl methyl sites for hydroxylation is 1. The zero-order valence-corrected chi connectivity index (χ0v) is 11.5. The van der Waals surface area contributed by atoms with Gasteiger partial charge in [0, 0.05) is 12.8 Å². The van der Waals surface area contributed by atoms with E-state index >= 15 is 0 Å². The van der Waals surface area contributed by atoms with Crippen LogP contribution in [0.15, 0.2) is 30.3 Å². The predicted molar refractivity (Wildman–Crippen MR) is 74.2 cm³/mol. The fourth-order valence-electron chi connectivity index (χ4n) is 1.77. The summed E-state index contributed by atoms with van der Waals surface area (Å²) in [5.74, 6) is -1.51. The van der Waals surface area contributed by atoms with Crippen molar-refractivity contribution in [2.45, 2.75) is 38.6 Å². The van der Waals surface area contributed by atoms with E-state index in [2.05, 4.69) is 5.32 Å². The number of hydrogen-bond acceptors (Lipinski definition) is 3. The highest BCUT2D eigenvalue weighted by atomic mass is 16.4. The number of aliphatic carboxylic acids is 1. The highest BCUT2D eigenvalue weighted by Crippen LogP contribution is 2.04. The minimum atomic E-state index is -1.11. The number of carboxylic acids is 1. The Balaban J connectivity index is 2.41. The third kappa shape index (κ3) is 6.13. The number of ketones is 1. The van der Waals surface area contributed by atoms with Gasteiger partial charge in [0.15, 0.2) is 0 Å². The van der Waals surface area contributed by atoms with Gasteiger partial charge >= 0.3 is 5.97 Å². The molecular weight excluding hydrogens is 258 g/mol. The topological polar surface area (TPSA) is 83.5 Å². The molecule has 0 radical (unpaired) electrons. The first kappa shape index (κ1) is 15.9. The van der Waals surface area contributed by atoms with Gasteiger partial charge in [0.1, 0.15) is 11.8 Å². The smallest absolute Gasteiger partial charge is 0.326 e. The van der Waals surface area contributed by atoms with Crippen molar-refractivity contribution in [1.82, 2.24) is 5.32 Å². The Morgan fingerprint density at radius 3 is 2.35 bits per heavy atom. The second kappa shape index (κ2) is 8.09. The minimum Gasteiger partial charge on any atom is -0.480 e. The number of Topliss-reactive ketones (excluding diaryl/α,β-unsaturated/α-hetero) is 1. The molecule has 0 bridgehead atoms. The molecule has 1 aromatic carbocycles. The molecule has 2 N–H and O–H groups in total. The lowest BCUT2D eigenvalue weighted by Gasteiger charge is -2.13. The van der Waals surface area contributed by atoms with Crippen molar-refractivity contribution in [2.24, 2.45) is 0 Å². The fourth-order valence-corrected chi connectivity index (χ4v) is 1.77. The maximum absolute atomic E-state index is 11.7. The maximum atomic E-state index is 11.7. The number of amides is 1. The molecular formula is C15H19NO4. The molecule has 0 spiro atoms. The first-order chi connectivity index (χ1) is 9.49. The molecule has 0 aromatic heterocycles. The summed E-state index contributed by atoms with van der Waals surface area (Å²) in [5.41, 5.74) is 1.03. The van der Waals surface area contributed by atoms with E-state index in [-0.39, 0.29) is 31.0 Å². The normalized spacial score (nSPS) is 11.7. The van der Waals surface area contributed by atoms with Crippen LogP contribution in [0.25, 0.3) is 0 Å². The summed E-state index contributed by atoms with van der Waals surface area (Å²) in [4.78, 5) is 33.6. The van der Waals surface area contributed by atoms with Crippen LogP contribution in [0.1, 0.15) is 31.7 Å². The van der Waals surface area contributed by atoms with Crippen molar-refractivity contribution >= 4 is 17.7 Å². The predicted octanol–water partition coefficient (Wildman–Crippen LogP) is 1.56. The van der Waals surface area contributed by atoms with Crippen molar-refractivity contribution in [3.05, 3.63) is 35.9 Å². The van der Waals surface area contributed by atoms with Gasteiger partial charge in [0.25, 0.3) is 0 Å². The van der Waals surface area contributed by atoms with Gasteiger partial charge < -0.3 is 15.2 Å². The molecule has 0 aliphatic rings. The Hall–Kier alpha value is -2.17. The lowest BCUT2D eigenvalue weighted by Crippen LogP contribution is -2.41. The van der Waals surface area contributed by atoms with Crippen LogP contribution >= 0.6 is 0 Å². The molecule has 20 heavy (non-hydrogen) atoms. The average Bonchev–Trinajstić information content (AvgIpc) is 2.41. The van der Waals surface area contributed by atoms with E-state index in [1.165, 1.54) is 6.92 Å². The van der Waals surface area contributed by atoms with Crippen molar-refractivity contribution in [2.75, 3.05) is 0 Å². The molecule has 1 rings (SSSR count). The zero-order valence-electron chi connectivity index (χ0n) is 11.5. The van der Waals surface area contributed by atoms with Gasteiger partial charge in [-0.25, -0.2) is 4.79 Å². The number of carbonyl (C=O) groups excluding carboxylic acids is 2. The van der Waals surface area contributed by atoms with E-state index < -0.39 is 12.0 Å². The van der Waals surface area contributed by atoms with Gasteiger partial charge in [0.2, 0.25) is 5.91 Å². The van der Waals surface area contributed by atoms with E-state index in [4.69, 9.17) is 5.11 Å². The van der Waals surface area contributed by atoms with Crippen LogP contribution in [0.5, 0.6) is 0 Å². The van der Waals surface area contributed by atoms with E-state index in [9.17, 15) is 14.4 Å². The number of rotatable bonds is 8. The van der Waals surface area contributed by atoms with Gasteiger partial charge in [-0.15, -0.1) is 0 Å². The zero-order chi connectivity index (χ0) is 15.0. The largest absolute Gasteiger partial charge is 0.480 e. The van der Waals surface area contributed by atoms with Crippen LogP contribution in [0.2, 0.25) is 0 Å². The molecule has 0 aliphatic carbocycles. The van der Waals surface area contributed by atoms with Crippen molar-refractivity contribution in [3.8, 4) is 0 Å². The Kier molecular flexibility index (Phi) is 6.43. The lowest BCUT2D eigenvalue weighted by molar-refractivity contribution is -0.142. The average molecular weight is 277 g/mol. The van der Waals surface area contributed by atoms with Crippen molar-refractivity contribution in [1.29, 1.82) is 0 Å². The van der Waals surface area contributed by atoms with E-state index in [0.29, 0.717) is 6.42 Å². The molecule has 5 heteroatoms. The molecule has 0 aliphatic heterocycles. The highest BCUT2D eigenvalue weighted by molar-refractivity contribution is 5.84. The molecule has 1 aromatic rings. The molecule has 5 nitrogen and oxygen atoms in total. The van der Waals surface area contributed by atoms with E-state index in [1.54, 1.807) is 0 Å². The van der Waals surface area contributed by atoms with Crippen LogP contribution in [-0.2, 0) is 20.8 Å². The van der Waals surface area contributed by atoms with Crippen LogP contribution in [0.3, 0.4) is 0 Å². The summed E-state index contributed by atoms with van der Waals surface area (Å²) < 4.78 is 0. The molecule has 1 atom stereocenters. The third-order valence-corrected chi connectivity index (χ3v) is 2.90. The summed E-state index contributed by atoms with van der Waals surface area (Å²) in [7, 11) is 0. The Bertz CT molecular complexity index is 470. The van der Waals surface area contributed by atoms with Crippen LogP contribution in [0.4, 0.5) is 0 Å². The molecule has 0 saturated heterocycles. The minimum absolute atomic E-state index is 0.0882. The van der Waals surface area contributed by atoms with Crippen LogP contribution < -0.4 is 5.32 Å². The van der Waals surface area contributed by atoms with Crippen LogP contribution in [0, 0.1) is 0 Å². The van der Waals surface area contributed by atoms with Crippen molar-refractivity contribution < 1.29 is 19.5 Å². The Labute approximate surface area is 118 Å². The highest BCUT2D eigenvalue weighted by Gasteiger charge is 2.19. The van der Waals surface area contributed by atoms with Crippen molar-refractivity contribution in [3.63, 3.8) is 0 Å². The number of benzene rings is 1. The number of nitrogens with one attached hydrogen (secondary N) is 1. The number of carboxylic acid groups (broad SMARTS) is 1. The second-order valence-electron chi connectivity index (χ2n) is 4.68. The number of hydrogen-bond donors (Lipinski definition) is 2. The molecule has 108 valence electrons. The summed E-state index contributed by atoms with van der Waals surface area (Å²) >= 11 is 0. The SMILES string of the molecule is CC(=O)CC[C@@H](NC(=O)CCc1ccccc1)C(=O)O. The van der Waals surface area contributed by atoms with Gasteiger partial charge in [0.05, 0.1) is 0 Å². The standard InChI is InChI=1S/C15H19NO4/c1-11(17)7-9-13(15(19)20)16-14(18)10-8-12-5-3-2-4-6-12/h2-6,13H,7-10H2,1H3,(H,16,18)(H,19,20)/t13-/m1/s1. The second-order valence-corrected chi connectivity index (χ2v) is 4.68. The van der Waals surface area contributed by atoms with E-state index in [0.717, 1.165) is 5.56 Å². The van der Waals surface area contributed by atoms with Gasteiger partial charge in [-0.05, 0) is 25.3 Å². The number of carbonyl (C=O) groups is 3. The van der Waals surface area contributed by atoms with Gasteiger partial charge in [-0.1, -0.05) is 30.3 Å². The first-order valence-electron chi connectivity index (χ1n) is 6.54. The summed E-state index contributed by atoms with van der Waals surface area (Å²) in [6.45, 7) is 1.40. The quantitative estimate of drug-likeness (QED) is 0.755. The monoisotopic (exact) mass is 277 g/mol. The summed E-state index contributed by atoms with van der Waals surface area (Å²) in [6.07, 6.45) is 1.07. The van der Waals surface area contributed by atoms with Gasteiger partial charge in [-0.3, -0.25) is 4.79 Å². The molecule has 0 saturated carbocycles. The van der Waals surface area contributed by atoms with Crippen LogP contribution in [-0.4, -0.2) is 28.8 Å². The third-order valence-electron chi connectivity index (χ3n) is 2.90.